The van der Waals surface area contributed by atoms with Gasteiger partial charge in [-0.3, -0.25) is 4.79 Å². The Balaban J connectivity index is 1.79. The lowest BCUT2D eigenvalue weighted by atomic mass is 9.98. The number of methoxy groups -OCH3 is 1. The highest BCUT2D eigenvalue weighted by atomic mass is 16.5. The third kappa shape index (κ3) is 5.49. The zero-order chi connectivity index (χ0) is 17.4. The quantitative estimate of drug-likeness (QED) is 0.642. The summed E-state index contributed by atoms with van der Waals surface area (Å²) in [6.45, 7) is 6.21. The molecule has 1 atom stereocenters. The lowest BCUT2D eigenvalue weighted by Gasteiger charge is -2.31. The van der Waals surface area contributed by atoms with Crippen molar-refractivity contribution in [3.63, 3.8) is 0 Å². The maximum atomic E-state index is 11.9. The minimum Gasteiger partial charge on any atom is -0.465 e. The monoisotopic (exact) mass is 330 g/mol. The van der Waals surface area contributed by atoms with Crippen LogP contribution in [0.5, 0.6) is 0 Å². The van der Waals surface area contributed by atoms with E-state index in [0.717, 1.165) is 25.2 Å². The van der Waals surface area contributed by atoms with Gasteiger partial charge in [0.2, 0.25) is 5.91 Å². The molecule has 1 heterocycles. The van der Waals surface area contributed by atoms with Crippen LogP contribution >= 0.6 is 0 Å². The first-order valence-corrected chi connectivity index (χ1v) is 8.49. The standard InChI is InChI=1S/C19H26N2O3/c1-3-21-12-4-5-16(14-21)13-20-18(22)11-8-15-6-9-17(10-7-15)19(23)24-2/h6-11,16H,3-5,12-14H2,1-2H3,(H,20,22)/b11-8-/t16-/m0/s1. The summed E-state index contributed by atoms with van der Waals surface area (Å²) in [5, 5.41) is 2.98. The van der Waals surface area contributed by atoms with Crippen LogP contribution in [0.4, 0.5) is 0 Å². The second-order valence-corrected chi connectivity index (χ2v) is 6.09. The maximum Gasteiger partial charge on any atom is 0.337 e. The molecule has 1 amide bonds. The predicted octanol–water partition coefficient (Wildman–Crippen LogP) is 2.33. The molecule has 1 aliphatic heterocycles. The Kier molecular flexibility index (Phi) is 7.00. The molecule has 1 saturated heterocycles. The van der Waals surface area contributed by atoms with Gasteiger partial charge in [-0.05, 0) is 55.6 Å². The fourth-order valence-corrected chi connectivity index (χ4v) is 2.93. The molecule has 0 spiro atoms. The number of carbonyl (C=O) groups is 2. The summed E-state index contributed by atoms with van der Waals surface area (Å²) in [5.74, 6) is 0.0907. The van der Waals surface area contributed by atoms with Crippen molar-refractivity contribution in [2.75, 3.05) is 33.3 Å². The molecule has 0 saturated carbocycles. The van der Waals surface area contributed by atoms with Gasteiger partial charge in [-0.1, -0.05) is 19.1 Å². The van der Waals surface area contributed by atoms with Gasteiger partial charge < -0.3 is 15.0 Å². The molecular weight excluding hydrogens is 304 g/mol. The van der Waals surface area contributed by atoms with Gasteiger partial charge in [-0.25, -0.2) is 4.79 Å². The number of nitrogens with one attached hydrogen (secondary N) is 1. The molecule has 1 aromatic carbocycles. The number of likely N-dealkylation sites (tertiary alicyclic amines) is 1. The molecule has 2 rings (SSSR count). The number of piperidine rings is 1. The van der Waals surface area contributed by atoms with Crippen molar-refractivity contribution in [3.8, 4) is 0 Å². The number of hydrogen-bond donors (Lipinski definition) is 1. The SMILES string of the molecule is CCN1CCC[C@@H](CNC(=O)/C=C\c2ccc(C(=O)OC)cc2)C1. The molecule has 0 bridgehead atoms. The number of nitrogens with zero attached hydrogens (tertiary/aromatic N) is 1. The number of esters is 1. The molecule has 0 aliphatic carbocycles. The molecule has 24 heavy (non-hydrogen) atoms. The van der Waals surface area contributed by atoms with Crippen LogP contribution in [-0.4, -0.2) is 50.1 Å². The summed E-state index contributed by atoms with van der Waals surface area (Å²) in [7, 11) is 1.35. The third-order valence-electron chi connectivity index (χ3n) is 4.37. The average Bonchev–Trinajstić information content (AvgIpc) is 2.64. The Morgan fingerprint density at radius 3 is 2.75 bits per heavy atom. The molecule has 1 aliphatic rings. The zero-order valence-electron chi connectivity index (χ0n) is 14.5. The van der Waals surface area contributed by atoms with E-state index in [-0.39, 0.29) is 11.9 Å². The lowest BCUT2D eigenvalue weighted by Crippen LogP contribution is -2.40. The summed E-state index contributed by atoms with van der Waals surface area (Å²) in [5.41, 5.74) is 1.37. The summed E-state index contributed by atoms with van der Waals surface area (Å²) in [4.78, 5) is 25.7. The van der Waals surface area contributed by atoms with Gasteiger partial charge in [-0.2, -0.15) is 0 Å². The normalized spacial score (nSPS) is 18.5. The maximum absolute atomic E-state index is 11.9. The van der Waals surface area contributed by atoms with Crippen LogP contribution in [-0.2, 0) is 9.53 Å². The Labute approximate surface area is 143 Å². The van der Waals surface area contributed by atoms with E-state index in [2.05, 4.69) is 21.9 Å². The van der Waals surface area contributed by atoms with Gasteiger partial charge >= 0.3 is 5.97 Å². The van der Waals surface area contributed by atoms with E-state index in [1.165, 1.54) is 32.6 Å². The van der Waals surface area contributed by atoms with E-state index in [9.17, 15) is 9.59 Å². The van der Waals surface area contributed by atoms with Crippen LogP contribution in [0.1, 0.15) is 35.7 Å². The number of hydrogen-bond acceptors (Lipinski definition) is 4. The molecule has 5 nitrogen and oxygen atoms in total. The van der Waals surface area contributed by atoms with Crippen LogP contribution in [0.15, 0.2) is 30.3 Å². The third-order valence-corrected chi connectivity index (χ3v) is 4.37. The van der Waals surface area contributed by atoms with E-state index in [4.69, 9.17) is 0 Å². The molecule has 1 aromatic rings. The predicted molar refractivity (Wildman–Crippen MR) is 94.7 cm³/mol. The van der Waals surface area contributed by atoms with Gasteiger partial charge in [0.05, 0.1) is 12.7 Å². The fourth-order valence-electron chi connectivity index (χ4n) is 2.93. The first-order valence-electron chi connectivity index (χ1n) is 8.49. The summed E-state index contributed by atoms with van der Waals surface area (Å²) >= 11 is 0. The highest BCUT2D eigenvalue weighted by molar-refractivity contribution is 5.92. The van der Waals surface area contributed by atoms with Gasteiger partial charge in [0.15, 0.2) is 0 Å². The molecule has 1 fully saturated rings. The van der Waals surface area contributed by atoms with E-state index in [1.807, 2.05) is 0 Å². The first-order chi connectivity index (χ1) is 11.6. The van der Waals surface area contributed by atoms with Crippen LogP contribution in [0.25, 0.3) is 6.08 Å². The Morgan fingerprint density at radius 2 is 2.08 bits per heavy atom. The number of ether oxygens (including phenoxy) is 1. The van der Waals surface area contributed by atoms with Crippen LogP contribution in [0, 0.1) is 5.92 Å². The smallest absolute Gasteiger partial charge is 0.337 e. The number of amides is 1. The van der Waals surface area contributed by atoms with Crippen molar-refractivity contribution in [2.24, 2.45) is 5.92 Å². The Morgan fingerprint density at radius 1 is 1.33 bits per heavy atom. The second kappa shape index (κ2) is 9.23. The topological polar surface area (TPSA) is 58.6 Å². The van der Waals surface area contributed by atoms with E-state index >= 15 is 0 Å². The first kappa shape index (κ1) is 18.2. The Hall–Kier alpha value is -2.14. The summed E-state index contributed by atoms with van der Waals surface area (Å²) in [6.07, 6.45) is 5.66. The summed E-state index contributed by atoms with van der Waals surface area (Å²) < 4.78 is 4.65. The molecular formula is C19H26N2O3. The molecule has 0 radical (unpaired) electrons. The van der Waals surface area contributed by atoms with Gasteiger partial charge in [0.1, 0.15) is 0 Å². The van der Waals surface area contributed by atoms with Crippen molar-refractivity contribution >= 4 is 18.0 Å². The highest BCUT2D eigenvalue weighted by Gasteiger charge is 2.18. The molecule has 0 unspecified atom stereocenters. The Bertz CT molecular complexity index is 581. The van der Waals surface area contributed by atoms with Gasteiger partial charge in [0, 0.05) is 19.2 Å². The van der Waals surface area contributed by atoms with E-state index < -0.39 is 0 Å². The van der Waals surface area contributed by atoms with Gasteiger partial charge in [0.25, 0.3) is 0 Å². The summed E-state index contributed by atoms with van der Waals surface area (Å²) in [6, 6.07) is 6.95. The van der Waals surface area contributed by atoms with Crippen molar-refractivity contribution < 1.29 is 14.3 Å². The number of rotatable bonds is 6. The minimum absolute atomic E-state index is 0.0827. The average molecular weight is 330 g/mol. The van der Waals surface area contributed by atoms with Crippen LogP contribution in [0.3, 0.4) is 0 Å². The largest absolute Gasteiger partial charge is 0.465 e. The second-order valence-electron chi connectivity index (χ2n) is 6.09. The van der Waals surface area contributed by atoms with Gasteiger partial charge in [-0.15, -0.1) is 0 Å². The molecule has 130 valence electrons. The van der Waals surface area contributed by atoms with Crippen molar-refractivity contribution in [1.82, 2.24) is 10.2 Å². The fraction of sp³-hybridized carbons (Fsp3) is 0.474. The molecule has 1 N–H and O–H groups in total. The van der Waals surface area contributed by atoms with Crippen molar-refractivity contribution in [1.29, 1.82) is 0 Å². The van der Waals surface area contributed by atoms with Crippen LogP contribution < -0.4 is 5.32 Å². The van der Waals surface area contributed by atoms with Crippen LogP contribution in [0.2, 0.25) is 0 Å². The zero-order valence-corrected chi connectivity index (χ0v) is 14.5. The minimum atomic E-state index is -0.364. The molecule has 5 heteroatoms. The highest BCUT2D eigenvalue weighted by Crippen LogP contribution is 2.15. The van der Waals surface area contributed by atoms with E-state index in [0.29, 0.717) is 11.5 Å². The molecule has 0 aromatic heterocycles. The van der Waals surface area contributed by atoms with Crippen molar-refractivity contribution in [2.45, 2.75) is 19.8 Å². The number of carbonyl (C=O) groups excluding carboxylic acids is 2. The van der Waals surface area contributed by atoms with Crippen molar-refractivity contribution in [3.05, 3.63) is 41.5 Å². The lowest BCUT2D eigenvalue weighted by molar-refractivity contribution is -0.116. The number of benzene rings is 1. The van der Waals surface area contributed by atoms with E-state index in [1.54, 1.807) is 30.3 Å².